The molecule has 40 heavy (non-hydrogen) atoms. The molecule has 2 unspecified atom stereocenters. The highest BCUT2D eigenvalue weighted by Crippen LogP contribution is 2.27. The first-order chi connectivity index (χ1) is 19.4. The first-order valence-electron chi connectivity index (χ1n) is 14.2. The van der Waals surface area contributed by atoms with Crippen LogP contribution in [-0.2, 0) is 16.0 Å². The van der Waals surface area contributed by atoms with E-state index in [-0.39, 0.29) is 41.6 Å². The molecule has 8 heteroatoms. The molecule has 3 aromatic rings. The molecule has 2 heterocycles. The van der Waals surface area contributed by atoms with Crippen LogP contribution in [0.2, 0.25) is 0 Å². The van der Waals surface area contributed by atoms with Crippen LogP contribution in [0, 0.1) is 0 Å². The van der Waals surface area contributed by atoms with Crippen molar-refractivity contribution in [1.82, 2.24) is 19.8 Å². The number of hydrogen-bond acceptors (Lipinski definition) is 6. The van der Waals surface area contributed by atoms with Crippen LogP contribution in [-0.4, -0.2) is 69.8 Å². The summed E-state index contributed by atoms with van der Waals surface area (Å²) in [7, 11) is 0. The zero-order valence-corrected chi connectivity index (χ0v) is 23.8. The normalized spacial score (nSPS) is 15.9. The van der Waals surface area contributed by atoms with Gasteiger partial charge in [0, 0.05) is 31.2 Å². The molecular formula is C32H38N4O4. The van der Waals surface area contributed by atoms with Gasteiger partial charge in [-0.2, -0.15) is 0 Å². The Hall–Kier alpha value is -4.07. The molecule has 0 radical (unpaired) electrons. The maximum atomic E-state index is 14.0. The van der Waals surface area contributed by atoms with E-state index in [2.05, 4.69) is 4.98 Å². The predicted octanol–water partition coefficient (Wildman–Crippen LogP) is 5.14. The number of ether oxygens (including phenoxy) is 1. The molecule has 1 saturated heterocycles. The number of aromatic nitrogens is 2. The smallest absolute Gasteiger partial charge is 0.342 e. The van der Waals surface area contributed by atoms with E-state index >= 15 is 0 Å². The van der Waals surface area contributed by atoms with Crippen molar-refractivity contribution in [3.8, 4) is 11.4 Å². The van der Waals surface area contributed by atoms with E-state index < -0.39 is 5.97 Å². The van der Waals surface area contributed by atoms with Crippen LogP contribution in [0.5, 0.6) is 0 Å². The highest BCUT2D eigenvalue weighted by molar-refractivity contribution is 6.05. The molecule has 0 bridgehead atoms. The minimum atomic E-state index is -0.593. The van der Waals surface area contributed by atoms with Gasteiger partial charge in [-0.3, -0.25) is 9.59 Å². The SMILES string of the molecule is CCCc1nc(-c2ccccc2)nc(C(=O)N2CCN(C(=O)C(CC)c3ccccc3)C(C)C2)c1C(=O)OCC. The predicted molar refractivity (Wildman–Crippen MR) is 154 cm³/mol. The third-order valence-electron chi connectivity index (χ3n) is 7.29. The summed E-state index contributed by atoms with van der Waals surface area (Å²) < 4.78 is 5.35. The average Bonchev–Trinajstić information content (AvgIpc) is 2.98. The minimum Gasteiger partial charge on any atom is -0.462 e. The molecular weight excluding hydrogens is 504 g/mol. The molecule has 1 aliphatic heterocycles. The molecule has 1 fully saturated rings. The first kappa shape index (κ1) is 28.9. The van der Waals surface area contributed by atoms with Crippen LogP contribution in [0.15, 0.2) is 60.7 Å². The number of amides is 2. The fraction of sp³-hybridized carbons (Fsp3) is 0.406. The summed E-state index contributed by atoms with van der Waals surface area (Å²) in [5.41, 5.74) is 2.46. The molecule has 1 aromatic heterocycles. The molecule has 2 aromatic carbocycles. The fourth-order valence-corrected chi connectivity index (χ4v) is 5.27. The number of carbonyl (C=O) groups is 3. The van der Waals surface area contributed by atoms with Crippen molar-refractivity contribution in [2.24, 2.45) is 0 Å². The maximum absolute atomic E-state index is 14.0. The van der Waals surface area contributed by atoms with E-state index in [0.29, 0.717) is 44.0 Å². The van der Waals surface area contributed by atoms with Crippen molar-refractivity contribution in [2.45, 2.75) is 58.9 Å². The minimum absolute atomic E-state index is 0.0541. The summed E-state index contributed by atoms with van der Waals surface area (Å²) in [6.45, 7) is 8.97. The number of piperazine rings is 1. The van der Waals surface area contributed by atoms with Gasteiger partial charge in [0.05, 0.1) is 18.2 Å². The lowest BCUT2D eigenvalue weighted by atomic mass is 9.94. The van der Waals surface area contributed by atoms with Crippen LogP contribution < -0.4 is 0 Å². The van der Waals surface area contributed by atoms with Crippen molar-refractivity contribution in [3.05, 3.63) is 83.2 Å². The van der Waals surface area contributed by atoms with Crippen LogP contribution in [0.3, 0.4) is 0 Å². The van der Waals surface area contributed by atoms with E-state index in [1.165, 1.54) is 0 Å². The summed E-state index contributed by atoms with van der Waals surface area (Å²) in [5, 5.41) is 0. The van der Waals surface area contributed by atoms with Gasteiger partial charge in [-0.15, -0.1) is 0 Å². The van der Waals surface area contributed by atoms with Crippen molar-refractivity contribution >= 4 is 17.8 Å². The Morgan fingerprint density at radius 1 is 0.950 bits per heavy atom. The quantitative estimate of drug-likeness (QED) is 0.348. The molecule has 1 aliphatic rings. The number of esters is 1. The lowest BCUT2D eigenvalue weighted by Gasteiger charge is -2.41. The number of carbonyl (C=O) groups excluding carboxylic acids is 3. The third kappa shape index (κ3) is 6.22. The van der Waals surface area contributed by atoms with E-state index in [4.69, 9.17) is 9.72 Å². The molecule has 0 saturated carbocycles. The molecule has 0 N–H and O–H groups in total. The average molecular weight is 543 g/mol. The van der Waals surface area contributed by atoms with Gasteiger partial charge in [-0.25, -0.2) is 14.8 Å². The highest BCUT2D eigenvalue weighted by atomic mass is 16.5. The van der Waals surface area contributed by atoms with E-state index in [0.717, 1.165) is 17.5 Å². The lowest BCUT2D eigenvalue weighted by molar-refractivity contribution is -0.137. The third-order valence-corrected chi connectivity index (χ3v) is 7.29. The van der Waals surface area contributed by atoms with Crippen LogP contribution in [0.25, 0.3) is 11.4 Å². The number of nitrogens with zero attached hydrogens (tertiary/aromatic N) is 4. The second-order valence-electron chi connectivity index (χ2n) is 10.1. The Morgan fingerprint density at radius 3 is 2.23 bits per heavy atom. The Bertz CT molecular complexity index is 1330. The largest absolute Gasteiger partial charge is 0.462 e. The van der Waals surface area contributed by atoms with Crippen molar-refractivity contribution in [2.75, 3.05) is 26.2 Å². The first-order valence-corrected chi connectivity index (χ1v) is 14.2. The lowest BCUT2D eigenvalue weighted by Crippen LogP contribution is -2.56. The highest BCUT2D eigenvalue weighted by Gasteiger charge is 2.36. The van der Waals surface area contributed by atoms with Gasteiger partial charge in [0.1, 0.15) is 11.3 Å². The van der Waals surface area contributed by atoms with Crippen LogP contribution in [0.1, 0.15) is 78.6 Å². The van der Waals surface area contributed by atoms with E-state index in [9.17, 15) is 14.4 Å². The van der Waals surface area contributed by atoms with Crippen molar-refractivity contribution in [1.29, 1.82) is 0 Å². The van der Waals surface area contributed by atoms with Gasteiger partial charge in [0.2, 0.25) is 5.91 Å². The zero-order valence-electron chi connectivity index (χ0n) is 23.8. The van der Waals surface area contributed by atoms with Gasteiger partial charge in [-0.05, 0) is 32.3 Å². The zero-order chi connectivity index (χ0) is 28.6. The second kappa shape index (κ2) is 13.3. The van der Waals surface area contributed by atoms with Crippen molar-refractivity contribution in [3.63, 3.8) is 0 Å². The Kier molecular flexibility index (Phi) is 9.64. The number of benzene rings is 2. The van der Waals surface area contributed by atoms with E-state index in [1.807, 2.05) is 86.3 Å². The van der Waals surface area contributed by atoms with Gasteiger partial charge >= 0.3 is 5.97 Å². The molecule has 0 spiro atoms. The maximum Gasteiger partial charge on any atom is 0.342 e. The topological polar surface area (TPSA) is 92.7 Å². The summed E-state index contributed by atoms with van der Waals surface area (Å²) in [6, 6.07) is 19.1. The Morgan fingerprint density at radius 2 is 1.62 bits per heavy atom. The summed E-state index contributed by atoms with van der Waals surface area (Å²) in [5.74, 6) is -0.707. The summed E-state index contributed by atoms with van der Waals surface area (Å²) >= 11 is 0. The number of hydrogen-bond donors (Lipinski definition) is 0. The number of aryl methyl sites for hydroxylation is 1. The molecule has 210 valence electrons. The van der Waals surface area contributed by atoms with E-state index in [1.54, 1.807) is 11.8 Å². The summed E-state index contributed by atoms with van der Waals surface area (Å²) in [6.07, 6.45) is 1.94. The Balaban J connectivity index is 1.64. The number of rotatable bonds is 9. The van der Waals surface area contributed by atoms with Gasteiger partial charge in [0.15, 0.2) is 5.82 Å². The van der Waals surface area contributed by atoms with Gasteiger partial charge in [-0.1, -0.05) is 80.9 Å². The summed E-state index contributed by atoms with van der Waals surface area (Å²) in [4.78, 5) is 53.6. The molecule has 4 rings (SSSR count). The van der Waals surface area contributed by atoms with Crippen molar-refractivity contribution < 1.29 is 19.1 Å². The van der Waals surface area contributed by atoms with Gasteiger partial charge < -0.3 is 14.5 Å². The monoisotopic (exact) mass is 542 g/mol. The second-order valence-corrected chi connectivity index (χ2v) is 10.1. The fourth-order valence-electron chi connectivity index (χ4n) is 5.27. The van der Waals surface area contributed by atoms with Gasteiger partial charge in [0.25, 0.3) is 5.91 Å². The molecule has 2 atom stereocenters. The Labute approximate surface area is 236 Å². The molecule has 0 aliphatic carbocycles. The standard InChI is InChI=1S/C32H38N4O4/c1-5-14-26-27(32(39)40-7-3)28(34-29(33-26)24-17-12-9-13-18-24)31(38)35-19-20-36(22(4)21-35)30(37)25(6-2)23-15-10-8-11-16-23/h8-13,15-18,22,25H,5-7,14,19-21H2,1-4H3. The van der Waals surface area contributed by atoms with Crippen LogP contribution >= 0.6 is 0 Å². The molecule has 2 amide bonds. The molecule has 8 nitrogen and oxygen atoms in total. The van der Waals surface area contributed by atoms with Crippen LogP contribution in [0.4, 0.5) is 0 Å².